The van der Waals surface area contributed by atoms with Crippen LogP contribution in [0.5, 0.6) is 0 Å². The van der Waals surface area contributed by atoms with Gasteiger partial charge in [-0.25, -0.2) is 8.78 Å². The normalized spacial score (nSPS) is 22.9. The third-order valence-electron chi connectivity index (χ3n) is 3.54. The molecule has 1 aliphatic heterocycles. The molecule has 0 aliphatic carbocycles. The van der Waals surface area contributed by atoms with E-state index in [4.69, 9.17) is 5.11 Å². The van der Waals surface area contributed by atoms with Gasteiger partial charge in [0.2, 0.25) is 0 Å². The van der Waals surface area contributed by atoms with Gasteiger partial charge in [0.05, 0.1) is 0 Å². The molecule has 2 atom stereocenters. The van der Waals surface area contributed by atoms with Crippen molar-refractivity contribution in [1.82, 2.24) is 4.90 Å². The molecule has 2 rings (SSSR count). The van der Waals surface area contributed by atoms with Crippen molar-refractivity contribution in [1.29, 1.82) is 0 Å². The summed E-state index contributed by atoms with van der Waals surface area (Å²) in [5, 5.41) is 9.07. The number of rotatable bonds is 3. The third kappa shape index (κ3) is 2.48. The van der Waals surface area contributed by atoms with E-state index in [0.717, 1.165) is 13.0 Å². The molecule has 1 aromatic carbocycles. The highest BCUT2D eigenvalue weighted by atomic mass is 19.1. The van der Waals surface area contributed by atoms with Gasteiger partial charge < -0.3 is 5.11 Å². The standard InChI is InChI=1S/C13H17F2NO/c1-9(16-6-5-10(7-16)8-17)13-11(14)3-2-4-12(13)15/h2-4,9-10,17H,5-8H2,1H3. The number of benzene rings is 1. The summed E-state index contributed by atoms with van der Waals surface area (Å²) in [7, 11) is 0. The van der Waals surface area contributed by atoms with E-state index in [-0.39, 0.29) is 24.1 Å². The van der Waals surface area contributed by atoms with E-state index in [1.807, 2.05) is 4.90 Å². The van der Waals surface area contributed by atoms with Gasteiger partial charge in [-0.05, 0) is 37.9 Å². The van der Waals surface area contributed by atoms with Crippen molar-refractivity contribution in [2.24, 2.45) is 5.92 Å². The van der Waals surface area contributed by atoms with E-state index in [2.05, 4.69) is 0 Å². The molecule has 0 aromatic heterocycles. The lowest BCUT2D eigenvalue weighted by Gasteiger charge is -2.25. The molecular formula is C13H17F2NO. The van der Waals surface area contributed by atoms with Crippen LogP contribution in [0.3, 0.4) is 0 Å². The lowest BCUT2D eigenvalue weighted by molar-refractivity contribution is 0.201. The summed E-state index contributed by atoms with van der Waals surface area (Å²) < 4.78 is 27.2. The van der Waals surface area contributed by atoms with Crippen molar-refractivity contribution in [2.75, 3.05) is 19.7 Å². The average molecular weight is 241 g/mol. The number of halogens is 2. The summed E-state index contributed by atoms with van der Waals surface area (Å²) >= 11 is 0. The zero-order chi connectivity index (χ0) is 12.4. The fraction of sp³-hybridized carbons (Fsp3) is 0.538. The first-order valence-electron chi connectivity index (χ1n) is 5.92. The van der Waals surface area contributed by atoms with E-state index in [1.165, 1.54) is 18.2 Å². The molecule has 1 aromatic rings. The average Bonchev–Trinajstić information content (AvgIpc) is 2.77. The highest BCUT2D eigenvalue weighted by molar-refractivity contribution is 5.23. The Morgan fingerprint density at radius 2 is 2.06 bits per heavy atom. The van der Waals surface area contributed by atoms with Gasteiger partial charge in [0.15, 0.2) is 0 Å². The number of likely N-dealkylation sites (tertiary alicyclic amines) is 1. The molecule has 0 saturated carbocycles. The molecule has 1 heterocycles. The van der Waals surface area contributed by atoms with Crippen molar-refractivity contribution in [3.05, 3.63) is 35.4 Å². The quantitative estimate of drug-likeness (QED) is 0.878. The van der Waals surface area contributed by atoms with Gasteiger partial charge in [0.1, 0.15) is 11.6 Å². The van der Waals surface area contributed by atoms with Gasteiger partial charge in [-0.15, -0.1) is 0 Å². The fourth-order valence-electron chi connectivity index (χ4n) is 2.46. The van der Waals surface area contributed by atoms with E-state index in [0.29, 0.717) is 6.54 Å². The van der Waals surface area contributed by atoms with Crippen LogP contribution < -0.4 is 0 Å². The molecule has 1 aliphatic rings. The minimum Gasteiger partial charge on any atom is -0.396 e. The maximum Gasteiger partial charge on any atom is 0.130 e. The van der Waals surface area contributed by atoms with E-state index < -0.39 is 11.6 Å². The molecule has 0 spiro atoms. The van der Waals surface area contributed by atoms with Gasteiger partial charge >= 0.3 is 0 Å². The zero-order valence-electron chi connectivity index (χ0n) is 9.87. The Kier molecular flexibility index (Phi) is 3.74. The Morgan fingerprint density at radius 3 is 2.59 bits per heavy atom. The Hall–Kier alpha value is -1.00. The topological polar surface area (TPSA) is 23.5 Å². The Labute approximate surface area is 99.9 Å². The monoisotopic (exact) mass is 241 g/mol. The van der Waals surface area contributed by atoms with Crippen molar-refractivity contribution in [3.63, 3.8) is 0 Å². The van der Waals surface area contributed by atoms with Crippen LogP contribution in [0.15, 0.2) is 18.2 Å². The second-order valence-corrected chi connectivity index (χ2v) is 4.64. The van der Waals surface area contributed by atoms with Crippen LogP contribution in [-0.2, 0) is 0 Å². The number of aliphatic hydroxyl groups is 1. The first kappa shape index (κ1) is 12.5. The predicted octanol–water partition coefficient (Wildman–Crippen LogP) is 2.34. The van der Waals surface area contributed by atoms with Crippen LogP contribution in [0.1, 0.15) is 24.9 Å². The van der Waals surface area contributed by atoms with Crippen LogP contribution in [0.2, 0.25) is 0 Å². The zero-order valence-corrected chi connectivity index (χ0v) is 9.87. The van der Waals surface area contributed by atoms with Gasteiger partial charge in [-0.1, -0.05) is 6.07 Å². The van der Waals surface area contributed by atoms with Gasteiger partial charge in [0, 0.05) is 24.8 Å². The summed E-state index contributed by atoms with van der Waals surface area (Å²) in [6.45, 7) is 3.43. The summed E-state index contributed by atoms with van der Waals surface area (Å²) in [6, 6.07) is 3.66. The molecule has 2 nitrogen and oxygen atoms in total. The fourth-order valence-corrected chi connectivity index (χ4v) is 2.46. The van der Waals surface area contributed by atoms with Crippen LogP contribution in [0.25, 0.3) is 0 Å². The van der Waals surface area contributed by atoms with Crippen LogP contribution in [-0.4, -0.2) is 29.7 Å². The van der Waals surface area contributed by atoms with E-state index >= 15 is 0 Å². The van der Waals surface area contributed by atoms with Gasteiger partial charge in [-0.2, -0.15) is 0 Å². The maximum atomic E-state index is 13.6. The predicted molar refractivity (Wildman–Crippen MR) is 61.5 cm³/mol. The van der Waals surface area contributed by atoms with Gasteiger partial charge in [-0.3, -0.25) is 4.90 Å². The summed E-state index contributed by atoms with van der Waals surface area (Å²) in [4.78, 5) is 2.02. The molecule has 1 fully saturated rings. The lowest BCUT2D eigenvalue weighted by atomic mass is 10.1. The van der Waals surface area contributed by atoms with Crippen molar-refractivity contribution < 1.29 is 13.9 Å². The molecular weight excluding hydrogens is 224 g/mol. The van der Waals surface area contributed by atoms with Crippen LogP contribution in [0.4, 0.5) is 8.78 Å². The van der Waals surface area contributed by atoms with Crippen LogP contribution in [0, 0.1) is 17.6 Å². The molecule has 1 saturated heterocycles. The number of hydrogen-bond acceptors (Lipinski definition) is 2. The second-order valence-electron chi connectivity index (χ2n) is 4.64. The van der Waals surface area contributed by atoms with Crippen LogP contribution >= 0.6 is 0 Å². The molecule has 0 bridgehead atoms. The smallest absolute Gasteiger partial charge is 0.130 e. The van der Waals surface area contributed by atoms with Crippen molar-refractivity contribution in [2.45, 2.75) is 19.4 Å². The highest BCUT2D eigenvalue weighted by Gasteiger charge is 2.28. The number of hydrogen-bond donors (Lipinski definition) is 1. The van der Waals surface area contributed by atoms with E-state index in [9.17, 15) is 8.78 Å². The Bertz CT molecular complexity index is 377. The summed E-state index contributed by atoms with van der Waals surface area (Å²) in [5.41, 5.74) is 0.131. The van der Waals surface area contributed by atoms with Crippen molar-refractivity contribution >= 4 is 0 Å². The van der Waals surface area contributed by atoms with Gasteiger partial charge in [0.25, 0.3) is 0 Å². The molecule has 0 amide bonds. The number of aliphatic hydroxyl groups excluding tert-OH is 1. The highest BCUT2D eigenvalue weighted by Crippen LogP contribution is 2.30. The van der Waals surface area contributed by atoms with E-state index in [1.54, 1.807) is 6.92 Å². The molecule has 17 heavy (non-hydrogen) atoms. The molecule has 94 valence electrons. The molecule has 2 unspecified atom stereocenters. The summed E-state index contributed by atoms with van der Waals surface area (Å²) in [6.07, 6.45) is 0.886. The van der Waals surface area contributed by atoms with Crippen molar-refractivity contribution in [3.8, 4) is 0 Å². The summed E-state index contributed by atoms with van der Waals surface area (Å²) in [5.74, 6) is -0.762. The molecule has 4 heteroatoms. The first-order chi connectivity index (χ1) is 8.13. The Morgan fingerprint density at radius 1 is 1.41 bits per heavy atom. The largest absolute Gasteiger partial charge is 0.396 e. The minimum absolute atomic E-state index is 0.131. The first-order valence-corrected chi connectivity index (χ1v) is 5.92. The second kappa shape index (κ2) is 5.10. The third-order valence-corrected chi connectivity index (χ3v) is 3.54. The Balaban J connectivity index is 2.17. The number of nitrogens with zero attached hydrogens (tertiary/aromatic N) is 1. The molecule has 0 radical (unpaired) electrons. The minimum atomic E-state index is -0.495. The molecule has 1 N–H and O–H groups in total. The SMILES string of the molecule is CC(c1c(F)cccc1F)N1CCC(CO)C1. The maximum absolute atomic E-state index is 13.6. The lowest BCUT2D eigenvalue weighted by Crippen LogP contribution is -2.26.